The lowest BCUT2D eigenvalue weighted by molar-refractivity contribution is -0.137. The lowest BCUT2D eigenvalue weighted by Crippen LogP contribution is -2.51. The van der Waals surface area contributed by atoms with Gasteiger partial charge in [0.2, 0.25) is 5.91 Å². The third-order valence-corrected chi connectivity index (χ3v) is 6.86. The molecule has 0 radical (unpaired) electrons. The Morgan fingerprint density at radius 3 is 2.27 bits per heavy atom. The van der Waals surface area contributed by atoms with Gasteiger partial charge in [-0.15, -0.1) is 12.4 Å². The van der Waals surface area contributed by atoms with E-state index in [2.05, 4.69) is 4.90 Å². The number of rotatable bonds is 4. The summed E-state index contributed by atoms with van der Waals surface area (Å²) in [6.45, 7) is 1.48. The molecule has 166 valence electrons. The molecule has 1 aromatic rings. The second-order valence-corrected chi connectivity index (χ2v) is 9.05. The second-order valence-electron chi connectivity index (χ2n) is 8.07. The number of amides is 1. The zero-order chi connectivity index (χ0) is 20.6. The van der Waals surface area contributed by atoms with E-state index < -0.39 is 11.7 Å². The van der Waals surface area contributed by atoms with Crippen LogP contribution in [0.4, 0.5) is 18.9 Å². The van der Waals surface area contributed by atoms with Gasteiger partial charge in [-0.1, -0.05) is 31.0 Å². The van der Waals surface area contributed by atoms with Crippen LogP contribution in [0, 0.1) is 0 Å². The van der Waals surface area contributed by atoms with Gasteiger partial charge >= 0.3 is 6.18 Å². The third kappa shape index (κ3) is 5.07. The van der Waals surface area contributed by atoms with Crippen molar-refractivity contribution in [2.75, 3.05) is 10.7 Å². The normalized spacial score (nSPS) is 24.1. The van der Waals surface area contributed by atoms with Crippen LogP contribution in [0.3, 0.4) is 0 Å². The van der Waals surface area contributed by atoms with Crippen LogP contribution in [0.1, 0.15) is 57.4 Å². The fraction of sp³-hybridized carbons (Fsp3) is 0.619. The quantitative estimate of drug-likeness (QED) is 0.576. The number of alkyl halides is 3. The molecule has 1 atom stereocenters. The van der Waals surface area contributed by atoms with Crippen LogP contribution in [0.15, 0.2) is 29.3 Å². The summed E-state index contributed by atoms with van der Waals surface area (Å²) >= 11 is 1.67. The van der Waals surface area contributed by atoms with Gasteiger partial charge in [0.05, 0.1) is 11.6 Å². The number of carbonyl (C=O) groups is 1. The number of benzene rings is 1. The number of hydrogen-bond acceptors (Lipinski definition) is 3. The number of hydrogen-bond donors (Lipinski definition) is 0. The molecule has 9 heteroatoms. The first-order valence-electron chi connectivity index (χ1n) is 10.3. The van der Waals surface area contributed by atoms with Crippen molar-refractivity contribution in [3.05, 3.63) is 29.8 Å². The summed E-state index contributed by atoms with van der Waals surface area (Å²) in [5, 5.41) is 1.00. The van der Waals surface area contributed by atoms with Gasteiger partial charge in [-0.2, -0.15) is 13.2 Å². The van der Waals surface area contributed by atoms with Crippen molar-refractivity contribution < 1.29 is 18.0 Å². The predicted octanol–water partition coefficient (Wildman–Crippen LogP) is 5.71. The van der Waals surface area contributed by atoms with Crippen molar-refractivity contribution in [2.24, 2.45) is 4.99 Å². The Morgan fingerprint density at radius 1 is 1.10 bits per heavy atom. The maximum atomic E-state index is 12.9. The molecule has 0 spiro atoms. The van der Waals surface area contributed by atoms with Crippen molar-refractivity contribution in [1.29, 1.82) is 0 Å². The molecule has 2 saturated carbocycles. The maximum absolute atomic E-state index is 12.9. The molecule has 30 heavy (non-hydrogen) atoms. The lowest BCUT2D eigenvalue weighted by Gasteiger charge is -2.35. The molecule has 1 unspecified atom stereocenters. The van der Waals surface area contributed by atoms with Gasteiger partial charge in [0.25, 0.3) is 0 Å². The van der Waals surface area contributed by atoms with Crippen LogP contribution in [0.5, 0.6) is 0 Å². The van der Waals surface area contributed by atoms with E-state index in [4.69, 9.17) is 4.99 Å². The number of nitrogens with zero attached hydrogens (tertiary/aromatic N) is 3. The molecule has 1 saturated heterocycles. The third-order valence-electron chi connectivity index (χ3n) is 5.82. The molecule has 3 fully saturated rings. The molecule has 1 heterocycles. The fourth-order valence-corrected chi connectivity index (χ4v) is 5.48. The summed E-state index contributed by atoms with van der Waals surface area (Å²) < 4.78 is 38.8. The summed E-state index contributed by atoms with van der Waals surface area (Å²) in [5.74, 6) is 0.516. The largest absolute Gasteiger partial charge is 0.416 e. The molecule has 1 aliphatic heterocycles. The van der Waals surface area contributed by atoms with Gasteiger partial charge in [-0.3, -0.25) is 14.7 Å². The summed E-state index contributed by atoms with van der Waals surface area (Å²) in [7, 11) is 0. The maximum Gasteiger partial charge on any atom is 0.416 e. The first kappa shape index (κ1) is 23.3. The smallest absolute Gasteiger partial charge is 0.327 e. The van der Waals surface area contributed by atoms with Gasteiger partial charge < -0.3 is 4.90 Å². The lowest BCUT2D eigenvalue weighted by atomic mass is 9.96. The van der Waals surface area contributed by atoms with E-state index in [1.165, 1.54) is 38.3 Å². The number of anilines is 1. The van der Waals surface area contributed by atoms with E-state index in [0.29, 0.717) is 23.5 Å². The van der Waals surface area contributed by atoms with Gasteiger partial charge in [-0.05, 0) is 49.9 Å². The topological polar surface area (TPSA) is 35.9 Å². The van der Waals surface area contributed by atoms with Crippen LogP contribution in [0.25, 0.3) is 0 Å². The van der Waals surface area contributed by atoms with E-state index in [1.54, 1.807) is 16.7 Å². The number of thioether (sulfide) groups is 1. The number of carbonyl (C=O) groups excluding carboxylic acids is 1. The van der Waals surface area contributed by atoms with Crippen molar-refractivity contribution in [2.45, 2.75) is 76.3 Å². The standard InChI is InChI=1S/C21H26F3N3OS.ClH/c1-14(28)26(17-9-7-15(8-10-17)21(22,23)24)19-13-29-20(27(19)18-11-12-18)25-16-5-3-2-4-6-16;/h7-10,16,18-19H,2-6,11-13H2,1H3;1H. The van der Waals surface area contributed by atoms with E-state index in [-0.39, 0.29) is 24.5 Å². The summed E-state index contributed by atoms with van der Waals surface area (Å²) in [4.78, 5) is 21.4. The van der Waals surface area contributed by atoms with Gasteiger partial charge in [0, 0.05) is 24.4 Å². The highest BCUT2D eigenvalue weighted by atomic mass is 35.5. The molecule has 3 aliphatic rings. The van der Waals surface area contributed by atoms with Crippen LogP contribution in [-0.2, 0) is 11.0 Å². The Hall–Kier alpha value is -1.41. The summed E-state index contributed by atoms with van der Waals surface area (Å²) in [5.41, 5.74) is -0.204. The highest BCUT2D eigenvalue weighted by Crippen LogP contribution is 2.40. The average Bonchev–Trinajstić information content (AvgIpc) is 3.44. The Balaban J connectivity index is 0.00000256. The Bertz CT molecular complexity index is 777. The van der Waals surface area contributed by atoms with Crippen molar-refractivity contribution in [3.8, 4) is 0 Å². The molecule has 0 aromatic heterocycles. The zero-order valence-electron chi connectivity index (χ0n) is 16.9. The van der Waals surface area contributed by atoms with Gasteiger partial charge in [0.15, 0.2) is 5.17 Å². The first-order chi connectivity index (χ1) is 13.8. The van der Waals surface area contributed by atoms with Crippen LogP contribution < -0.4 is 4.90 Å². The molecule has 1 aromatic carbocycles. The molecule has 1 amide bonds. The monoisotopic (exact) mass is 461 g/mol. The van der Waals surface area contributed by atoms with E-state index in [0.717, 1.165) is 43.0 Å². The highest BCUT2D eigenvalue weighted by molar-refractivity contribution is 8.14. The fourth-order valence-electron chi connectivity index (χ4n) is 4.23. The Labute approximate surface area is 185 Å². The highest BCUT2D eigenvalue weighted by Gasteiger charge is 2.44. The summed E-state index contributed by atoms with van der Waals surface area (Å²) in [6, 6.07) is 5.61. The molecule has 4 rings (SSSR count). The van der Waals surface area contributed by atoms with Crippen LogP contribution in [-0.4, -0.2) is 40.0 Å². The molecule has 0 bridgehead atoms. The molecule has 4 nitrogen and oxygen atoms in total. The van der Waals surface area contributed by atoms with Gasteiger partial charge in [-0.25, -0.2) is 0 Å². The zero-order valence-corrected chi connectivity index (χ0v) is 18.5. The minimum absolute atomic E-state index is 0. The molecule has 2 aliphatic carbocycles. The van der Waals surface area contributed by atoms with E-state index in [1.807, 2.05) is 0 Å². The minimum atomic E-state index is -4.39. The average molecular weight is 462 g/mol. The molecular weight excluding hydrogens is 435 g/mol. The second kappa shape index (κ2) is 9.39. The van der Waals surface area contributed by atoms with Crippen LogP contribution >= 0.6 is 24.2 Å². The number of halogens is 4. The van der Waals surface area contributed by atoms with Crippen molar-refractivity contribution >= 4 is 40.9 Å². The number of aliphatic imine (C=N–C) groups is 1. The van der Waals surface area contributed by atoms with Crippen LogP contribution in [0.2, 0.25) is 0 Å². The molecule has 0 N–H and O–H groups in total. The predicted molar refractivity (Wildman–Crippen MR) is 117 cm³/mol. The minimum Gasteiger partial charge on any atom is -0.327 e. The van der Waals surface area contributed by atoms with E-state index >= 15 is 0 Å². The Morgan fingerprint density at radius 2 is 1.73 bits per heavy atom. The van der Waals surface area contributed by atoms with Crippen molar-refractivity contribution in [3.63, 3.8) is 0 Å². The summed E-state index contributed by atoms with van der Waals surface area (Å²) in [6.07, 6.45) is 3.47. The number of amidine groups is 1. The Kier molecular flexibility index (Phi) is 7.28. The van der Waals surface area contributed by atoms with E-state index in [9.17, 15) is 18.0 Å². The molecular formula is C21H27ClF3N3OS. The SMILES string of the molecule is CC(=O)N(c1ccc(C(F)(F)F)cc1)C1CSC(=NC2CCCCC2)N1C1CC1.Cl. The van der Waals surface area contributed by atoms with Gasteiger partial charge in [0.1, 0.15) is 6.17 Å². The van der Waals surface area contributed by atoms with Crippen molar-refractivity contribution in [1.82, 2.24) is 4.90 Å². The first-order valence-corrected chi connectivity index (χ1v) is 11.3.